The molecule has 1 saturated heterocycles. The van der Waals surface area contributed by atoms with Gasteiger partial charge in [-0.3, -0.25) is 9.79 Å². The van der Waals surface area contributed by atoms with E-state index in [1.54, 1.807) is 10.9 Å². The van der Waals surface area contributed by atoms with Gasteiger partial charge in [0.1, 0.15) is 5.82 Å². The van der Waals surface area contributed by atoms with Crippen molar-refractivity contribution in [1.82, 2.24) is 19.7 Å². The topological polar surface area (TPSA) is 63.4 Å². The lowest BCUT2D eigenvalue weighted by molar-refractivity contribution is 0.0679. The summed E-state index contributed by atoms with van der Waals surface area (Å²) in [5, 5.41) is 4.25. The number of allylic oxidation sites excluding steroid dienone is 1. The first-order chi connectivity index (χ1) is 16.5. The number of likely N-dealkylation sites (tertiary alicyclic amines) is 1. The molecule has 174 valence electrons. The summed E-state index contributed by atoms with van der Waals surface area (Å²) in [7, 11) is 0. The summed E-state index contributed by atoms with van der Waals surface area (Å²) in [6.45, 7) is 1.32. The fourth-order valence-electron chi connectivity index (χ4n) is 4.82. The van der Waals surface area contributed by atoms with Crippen LogP contribution in [0.3, 0.4) is 0 Å². The van der Waals surface area contributed by atoms with Crippen LogP contribution in [0.1, 0.15) is 35.3 Å². The zero-order valence-corrected chi connectivity index (χ0v) is 19.4. The van der Waals surface area contributed by atoms with E-state index in [0.29, 0.717) is 31.0 Å². The number of nitrogens with zero attached hydrogens (tertiary/aromatic N) is 5. The van der Waals surface area contributed by atoms with Crippen molar-refractivity contribution in [3.63, 3.8) is 0 Å². The molecule has 1 amide bonds. The molecule has 8 heteroatoms. The number of piperidine rings is 1. The van der Waals surface area contributed by atoms with E-state index in [-0.39, 0.29) is 16.5 Å². The third kappa shape index (κ3) is 4.80. The van der Waals surface area contributed by atoms with Crippen LogP contribution in [-0.2, 0) is 6.42 Å². The van der Waals surface area contributed by atoms with Gasteiger partial charge < -0.3 is 4.90 Å². The molecule has 5 rings (SSSR count). The Labute approximate surface area is 202 Å². The Bertz CT molecular complexity index is 1220. The van der Waals surface area contributed by atoms with Gasteiger partial charge >= 0.3 is 0 Å². The summed E-state index contributed by atoms with van der Waals surface area (Å²) in [5.74, 6) is 0.608. The van der Waals surface area contributed by atoms with Gasteiger partial charge in [0, 0.05) is 49.4 Å². The summed E-state index contributed by atoms with van der Waals surface area (Å²) in [6, 6.07) is 12.0. The third-order valence-corrected chi connectivity index (χ3v) is 6.84. The number of rotatable bonds is 6. The molecule has 6 nitrogen and oxygen atoms in total. The van der Waals surface area contributed by atoms with Crippen molar-refractivity contribution in [1.29, 1.82) is 0 Å². The Morgan fingerprint density at radius 2 is 2.03 bits per heavy atom. The Morgan fingerprint density at radius 3 is 2.74 bits per heavy atom. The Morgan fingerprint density at radius 1 is 1.18 bits per heavy atom. The molecule has 1 atom stereocenters. The number of amides is 1. The number of hydrogen-bond donors (Lipinski definition) is 0. The summed E-state index contributed by atoms with van der Waals surface area (Å²) in [6.07, 6.45) is 13.1. The molecular weight excluding hydrogens is 453 g/mol. The van der Waals surface area contributed by atoms with Crippen LogP contribution in [0.25, 0.3) is 5.82 Å². The Hall–Kier alpha value is -3.32. The monoisotopic (exact) mass is 477 g/mol. The SMILES string of the molecule is O=C(c1ccc(F)c(Cl)c1)N1CCC(CC2(Cc3cccc(-n4cccn4)n3)C=CC=N2)CC1. The molecule has 0 spiro atoms. The third-order valence-electron chi connectivity index (χ3n) is 6.55. The van der Waals surface area contributed by atoms with Crippen molar-refractivity contribution >= 4 is 23.7 Å². The van der Waals surface area contributed by atoms with Crippen LogP contribution in [0.4, 0.5) is 4.39 Å². The number of hydrogen-bond acceptors (Lipinski definition) is 4. The van der Waals surface area contributed by atoms with Gasteiger partial charge in [0.2, 0.25) is 0 Å². The van der Waals surface area contributed by atoms with Gasteiger partial charge in [0.25, 0.3) is 5.91 Å². The number of aromatic nitrogens is 3. The van der Waals surface area contributed by atoms with Crippen LogP contribution in [0.5, 0.6) is 0 Å². The van der Waals surface area contributed by atoms with E-state index in [9.17, 15) is 9.18 Å². The number of carbonyl (C=O) groups is 1. The Kier molecular flexibility index (Phi) is 6.28. The first kappa shape index (κ1) is 22.5. The van der Waals surface area contributed by atoms with Crippen molar-refractivity contribution in [2.75, 3.05) is 13.1 Å². The van der Waals surface area contributed by atoms with Crippen molar-refractivity contribution in [3.8, 4) is 5.82 Å². The lowest BCUT2D eigenvalue weighted by Gasteiger charge is -2.36. The van der Waals surface area contributed by atoms with Crippen molar-refractivity contribution < 1.29 is 9.18 Å². The van der Waals surface area contributed by atoms with Gasteiger partial charge in [-0.2, -0.15) is 5.10 Å². The van der Waals surface area contributed by atoms with Crippen molar-refractivity contribution in [3.05, 3.63) is 89.1 Å². The van der Waals surface area contributed by atoms with Gasteiger partial charge in [0.15, 0.2) is 5.82 Å². The summed E-state index contributed by atoms with van der Waals surface area (Å²) in [4.78, 5) is 24.3. The number of benzene rings is 1. The quantitative estimate of drug-likeness (QED) is 0.506. The highest BCUT2D eigenvalue weighted by atomic mass is 35.5. The van der Waals surface area contributed by atoms with Crippen LogP contribution in [-0.4, -0.2) is 50.4 Å². The van der Waals surface area contributed by atoms with E-state index in [1.165, 1.54) is 18.2 Å². The average molecular weight is 478 g/mol. The highest BCUT2D eigenvalue weighted by Gasteiger charge is 2.34. The van der Waals surface area contributed by atoms with Gasteiger partial charge in [-0.15, -0.1) is 0 Å². The molecule has 0 N–H and O–H groups in total. The van der Waals surface area contributed by atoms with Gasteiger partial charge in [-0.1, -0.05) is 23.7 Å². The minimum absolute atomic E-state index is 0.0289. The van der Waals surface area contributed by atoms with E-state index >= 15 is 0 Å². The normalized spacial score (nSPS) is 20.2. The minimum atomic E-state index is -0.517. The van der Waals surface area contributed by atoms with E-state index < -0.39 is 5.82 Å². The molecular formula is C26H25ClFN5O. The average Bonchev–Trinajstić information content (AvgIpc) is 3.54. The van der Waals surface area contributed by atoms with E-state index in [4.69, 9.17) is 21.6 Å². The smallest absolute Gasteiger partial charge is 0.253 e. The van der Waals surface area contributed by atoms with Crippen molar-refractivity contribution in [2.45, 2.75) is 31.2 Å². The Balaban J connectivity index is 1.23. The maximum Gasteiger partial charge on any atom is 0.253 e. The number of pyridine rings is 1. The molecule has 3 aromatic rings. The minimum Gasteiger partial charge on any atom is -0.339 e. The number of carbonyl (C=O) groups excluding carboxylic acids is 1. The van der Waals surface area contributed by atoms with E-state index in [0.717, 1.165) is 30.8 Å². The second kappa shape index (κ2) is 9.50. The zero-order valence-electron chi connectivity index (χ0n) is 18.6. The molecule has 34 heavy (non-hydrogen) atoms. The lowest BCUT2D eigenvalue weighted by Crippen LogP contribution is -2.40. The summed E-state index contributed by atoms with van der Waals surface area (Å²) >= 11 is 5.86. The second-order valence-corrected chi connectivity index (χ2v) is 9.33. The molecule has 0 radical (unpaired) electrons. The molecule has 2 aliphatic heterocycles. The zero-order chi connectivity index (χ0) is 23.5. The van der Waals surface area contributed by atoms with Gasteiger partial charge in [0.05, 0.1) is 10.6 Å². The molecule has 0 bridgehead atoms. The molecule has 2 aromatic heterocycles. The summed E-state index contributed by atoms with van der Waals surface area (Å²) in [5.41, 5.74) is 1.07. The molecule has 1 aromatic carbocycles. The largest absolute Gasteiger partial charge is 0.339 e. The predicted molar refractivity (Wildman–Crippen MR) is 130 cm³/mol. The maximum atomic E-state index is 13.5. The second-order valence-electron chi connectivity index (χ2n) is 8.92. The number of aliphatic imine (C=N–C) groups is 1. The van der Waals surface area contributed by atoms with E-state index in [1.807, 2.05) is 47.7 Å². The standard InChI is InChI=1S/C26H25ClFN5O/c27-22-16-20(6-7-23(22)28)25(34)32-14-8-19(9-15-32)17-26(10-2-11-29-26)18-21-4-1-5-24(31-21)33-13-3-12-30-33/h1-7,10-13,16,19H,8-9,14-15,17-18H2. The van der Waals surface area contributed by atoms with E-state index in [2.05, 4.69) is 11.2 Å². The summed E-state index contributed by atoms with van der Waals surface area (Å²) < 4.78 is 15.2. The van der Waals surface area contributed by atoms with Crippen LogP contribution < -0.4 is 0 Å². The number of halogens is 2. The fraction of sp³-hybridized carbons (Fsp3) is 0.308. The molecule has 0 saturated carbocycles. The lowest BCUT2D eigenvalue weighted by atomic mass is 9.80. The maximum absolute atomic E-state index is 13.5. The van der Waals surface area contributed by atoms with Crippen LogP contribution in [0.15, 0.2) is 72.0 Å². The molecule has 2 aliphatic rings. The van der Waals surface area contributed by atoms with Crippen LogP contribution in [0, 0.1) is 11.7 Å². The highest BCUT2D eigenvalue weighted by molar-refractivity contribution is 6.31. The van der Waals surface area contributed by atoms with Gasteiger partial charge in [-0.05, 0) is 67.7 Å². The first-order valence-electron chi connectivity index (χ1n) is 11.4. The van der Waals surface area contributed by atoms with Gasteiger partial charge in [-0.25, -0.2) is 14.1 Å². The van der Waals surface area contributed by atoms with Crippen molar-refractivity contribution in [2.24, 2.45) is 10.9 Å². The fourth-order valence-corrected chi connectivity index (χ4v) is 5.00. The first-order valence-corrected chi connectivity index (χ1v) is 11.8. The van der Waals surface area contributed by atoms with Crippen LogP contribution in [0.2, 0.25) is 5.02 Å². The predicted octanol–water partition coefficient (Wildman–Crippen LogP) is 4.92. The highest BCUT2D eigenvalue weighted by Crippen LogP contribution is 2.34. The molecule has 1 unspecified atom stereocenters. The molecule has 1 fully saturated rings. The van der Waals surface area contributed by atoms with Crippen LogP contribution >= 0.6 is 11.6 Å². The molecule has 4 heterocycles. The molecule has 0 aliphatic carbocycles.